The Morgan fingerprint density at radius 1 is 1.37 bits per heavy atom. The second kappa shape index (κ2) is 5.79. The van der Waals surface area contributed by atoms with Crippen molar-refractivity contribution < 1.29 is 9.72 Å². The number of nitrogens with zero attached hydrogens (tertiary/aromatic N) is 1. The Morgan fingerprint density at radius 3 is 2.58 bits per heavy atom. The number of hydrogen-bond donors (Lipinski definition) is 2. The Labute approximate surface area is 111 Å². The molecule has 3 N–H and O–H groups in total. The van der Waals surface area contributed by atoms with Crippen molar-refractivity contribution in [1.29, 1.82) is 0 Å². The normalized spacial score (nSPS) is 17.9. The van der Waals surface area contributed by atoms with Gasteiger partial charge in [-0.25, -0.2) is 0 Å². The van der Waals surface area contributed by atoms with Gasteiger partial charge in [-0.2, -0.15) is 0 Å². The molecule has 1 atom stereocenters. The number of nitrogens with one attached hydrogen (secondary N) is 1. The fourth-order valence-corrected chi connectivity index (χ4v) is 2.73. The number of nitrogens with two attached hydrogens (primary N) is 1. The number of amides is 1. The van der Waals surface area contributed by atoms with Crippen LogP contribution in [0.25, 0.3) is 0 Å². The van der Waals surface area contributed by atoms with Crippen molar-refractivity contribution in [3.05, 3.63) is 39.9 Å². The first-order valence-electron chi connectivity index (χ1n) is 6.34. The number of benzene rings is 1. The number of piperidine rings is 1. The van der Waals surface area contributed by atoms with Crippen LogP contribution in [0.15, 0.2) is 24.3 Å². The van der Waals surface area contributed by atoms with E-state index < -0.39 is 16.7 Å². The largest absolute Gasteiger partial charge is 0.369 e. The Balaban J connectivity index is 2.38. The number of nitro groups is 1. The first-order chi connectivity index (χ1) is 9.11. The molecule has 0 bridgehead atoms. The van der Waals surface area contributed by atoms with Crippen LogP contribution in [-0.2, 0) is 4.79 Å². The molecule has 0 aliphatic carbocycles. The van der Waals surface area contributed by atoms with E-state index in [2.05, 4.69) is 5.32 Å². The van der Waals surface area contributed by atoms with Crippen molar-refractivity contribution in [3.8, 4) is 0 Å². The van der Waals surface area contributed by atoms with Crippen molar-refractivity contribution in [3.63, 3.8) is 0 Å². The van der Waals surface area contributed by atoms with Gasteiger partial charge in [0.25, 0.3) is 5.69 Å². The maximum atomic E-state index is 11.8. The predicted octanol–water partition coefficient (Wildman–Crippen LogP) is 1.16. The van der Waals surface area contributed by atoms with Gasteiger partial charge in [-0.1, -0.05) is 18.2 Å². The molecule has 1 heterocycles. The van der Waals surface area contributed by atoms with Crippen LogP contribution in [0.2, 0.25) is 0 Å². The van der Waals surface area contributed by atoms with Gasteiger partial charge >= 0.3 is 0 Å². The van der Waals surface area contributed by atoms with Crippen LogP contribution < -0.4 is 11.1 Å². The lowest BCUT2D eigenvalue weighted by molar-refractivity contribution is -0.385. The summed E-state index contributed by atoms with van der Waals surface area (Å²) in [7, 11) is 0. The van der Waals surface area contributed by atoms with E-state index in [1.807, 2.05) is 0 Å². The van der Waals surface area contributed by atoms with E-state index in [1.54, 1.807) is 18.2 Å². The zero-order valence-electron chi connectivity index (χ0n) is 10.5. The molecule has 0 spiro atoms. The van der Waals surface area contributed by atoms with Gasteiger partial charge in [-0.05, 0) is 31.8 Å². The summed E-state index contributed by atoms with van der Waals surface area (Å²) in [5.74, 6) is -0.996. The highest BCUT2D eigenvalue weighted by atomic mass is 16.6. The Hall–Kier alpha value is -1.95. The average molecular weight is 263 g/mol. The standard InChI is InChI=1S/C13H17N3O3/c14-13(17)12(9-5-7-15-8-6-9)10-3-1-2-4-11(10)16(18)19/h1-4,9,12,15H,5-8H2,(H2,14,17). The van der Waals surface area contributed by atoms with Gasteiger partial charge in [-0.3, -0.25) is 14.9 Å². The molecule has 1 saturated heterocycles. The summed E-state index contributed by atoms with van der Waals surface area (Å²) in [6, 6.07) is 6.36. The van der Waals surface area contributed by atoms with E-state index in [0.717, 1.165) is 25.9 Å². The van der Waals surface area contributed by atoms with Crippen LogP contribution in [0.4, 0.5) is 5.69 Å². The first kappa shape index (κ1) is 13.5. The number of carbonyl (C=O) groups excluding carboxylic acids is 1. The van der Waals surface area contributed by atoms with Gasteiger partial charge in [0.1, 0.15) is 0 Å². The molecule has 6 heteroatoms. The number of primary amides is 1. The highest BCUT2D eigenvalue weighted by Crippen LogP contribution is 2.35. The van der Waals surface area contributed by atoms with Crippen LogP contribution >= 0.6 is 0 Å². The van der Waals surface area contributed by atoms with Crippen LogP contribution in [0.3, 0.4) is 0 Å². The number of rotatable bonds is 4. The lowest BCUT2D eigenvalue weighted by Crippen LogP contribution is -2.36. The van der Waals surface area contributed by atoms with Crippen molar-refractivity contribution >= 4 is 11.6 Å². The molecule has 6 nitrogen and oxygen atoms in total. The molecule has 1 aromatic rings. The second-order valence-corrected chi connectivity index (χ2v) is 4.78. The van der Waals surface area contributed by atoms with Crippen molar-refractivity contribution in [1.82, 2.24) is 5.32 Å². The lowest BCUT2D eigenvalue weighted by Gasteiger charge is -2.28. The quantitative estimate of drug-likeness (QED) is 0.629. The molecule has 0 aromatic heterocycles. The van der Waals surface area contributed by atoms with Crippen LogP contribution in [0, 0.1) is 16.0 Å². The zero-order valence-corrected chi connectivity index (χ0v) is 10.5. The van der Waals surface area contributed by atoms with Gasteiger partial charge in [0.2, 0.25) is 5.91 Å². The zero-order chi connectivity index (χ0) is 13.8. The van der Waals surface area contributed by atoms with Gasteiger partial charge in [0, 0.05) is 11.6 Å². The van der Waals surface area contributed by atoms with E-state index >= 15 is 0 Å². The minimum Gasteiger partial charge on any atom is -0.369 e. The summed E-state index contributed by atoms with van der Waals surface area (Å²) >= 11 is 0. The summed E-state index contributed by atoms with van der Waals surface area (Å²) in [5, 5.41) is 14.3. The van der Waals surface area contributed by atoms with Gasteiger partial charge in [-0.15, -0.1) is 0 Å². The number of carbonyl (C=O) groups is 1. The minimum atomic E-state index is -0.580. The summed E-state index contributed by atoms with van der Waals surface area (Å²) < 4.78 is 0. The Morgan fingerprint density at radius 2 is 2.00 bits per heavy atom. The van der Waals surface area contributed by atoms with E-state index in [0.29, 0.717) is 5.56 Å². The molecule has 1 aromatic carbocycles. The molecule has 0 radical (unpaired) electrons. The maximum Gasteiger partial charge on any atom is 0.273 e. The lowest BCUT2D eigenvalue weighted by atomic mass is 9.79. The maximum absolute atomic E-state index is 11.8. The fourth-order valence-electron chi connectivity index (χ4n) is 2.73. The monoisotopic (exact) mass is 263 g/mol. The van der Waals surface area contributed by atoms with Gasteiger partial charge in [0.05, 0.1) is 10.8 Å². The van der Waals surface area contributed by atoms with Crippen LogP contribution in [0.5, 0.6) is 0 Å². The molecule has 102 valence electrons. The van der Waals surface area contributed by atoms with Crippen LogP contribution in [0.1, 0.15) is 24.3 Å². The summed E-state index contributed by atoms with van der Waals surface area (Å²) in [4.78, 5) is 22.4. The third-order valence-electron chi connectivity index (χ3n) is 3.63. The van der Waals surface area contributed by atoms with E-state index in [-0.39, 0.29) is 11.6 Å². The van der Waals surface area contributed by atoms with Crippen LogP contribution in [-0.4, -0.2) is 23.9 Å². The molecule has 1 aliphatic heterocycles. The highest BCUT2D eigenvalue weighted by Gasteiger charge is 2.33. The summed E-state index contributed by atoms with van der Waals surface area (Å²) in [5.41, 5.74) is 5.90. The fraction of sp³-hybridized carbons (Fsp3) is 0.462. The van der Waals surface area contributed by atoms with E-state index in [4.69, 9.17) is 5.73 Å². The second-order valence-electron chi connectivity index (χ2n) is 4.78. The molecular weight excluding hydrogens is 246 g/mol. The van der Waals surface area contributed by atoms with E-state index in [1.165, 1.54) is 6.07 Å². The Kier molecular flexibility index (Phi) is 4.11. The third kappa shape index (κ3) is 2.90. The predicted molar refractivity (Wildman–Crippen MR) is 70.6 cm³/mol. The molecule has 2 rings (SSSR count). The molecule has 19 heavy (non-hydrogen) atoms. The summed E-state index contributed by atoms with van der Waals surface area (Å²) in [6.45, 7) is 1.63. The van der Waals surface area contributed by atoms with Crippen molar-refractivity contribution in [2.75, 3.05) is 13.1 Å². The third-order valence-corrected chi connectivity index (χ3v) is 3.63. The Bertz CT molecular complexity index is 484. The molecule has 0 saturated carbocycles. The molecule has 1 amide bonds. The average Bonchev–Trinajstić information content (AvgIpc) is 2.40. The van der Waals surface area contributed by atoms with Crippen molar-refractivity contribution in [2.24, 2.45) is 11.7 Å². The SMILES string of the molecule is NC(=O)C(c1ccccc1[N+](=O)[O-])C1CCNCC1. The molecule has 1 aliphatic rings. The van der Waals surface area contributed by atoms with Gasteiger partial charge in [0.15, 0.2) is 0 Å². The van der Waals surface area contributed by atoms with Crippen molar-refractivity contribution in [2.45, 2.75) is 18.8 Å². The minimum absolute atomic E-state index is 0.0233. The number of hydrogen-bond acceptors (Lipinski definition) is 4. The molecule has 1 unspecified atom stereocenters. The topological polar surface area (TPSA) is 98.3 Å². The number of para-hydroxylation sites is 1. The molecular formula is C13H17N3O3. The smallest absolute Gasteiger partial charge is 0.273 e. The summed E-state index contributed by atoms with van der Waals surface area (Å²) in [6.07, 6.45) is 1.61. The molecule has 1 fully saturated rings. The van der Waals surface area contributed by atoms with Gasteiger partial charge < -0.3 is 11.1 Å². The highest BCUT2D eigenvalue weighted by molar-refractivity contribution is 5.83. The first-order valence-corrected chi connectivity index (χ1v) is 6.34. The number of nitro benzene ring substituents is 1. The van der Waals surface area contributed by atoms with E-state index in [9.17, 15) is 14.9 Å².